The van der Waals surface area contributed by atoms with Crippen molar-refractivity contribution >= 4 is 16.3 Å². The molecule has 3 aromatic carbocycles. The van der Waals surface area contributed by atoms with Gasteiger partial charge in [-0.15, -0.1) is 6.42 Å². The highest BCUT2D eigenvalue weighted by molar-refractivity contribution is 5.87. The van der Waals surface area contributed by atoms with Gasteiger partial charge in [0, 0.05) is 5.92 Å². The minimum atomic E-state index is -0.222. The Morgan fingerprint density at radius 2 is 1.78 bits per heavy atom. The first kappa shape index (κ1) is 16.2. The molecule has 2 aliphatic rings. The van der Waals surface area contributed by atoms with Gasteiger partial charge in [-0.3, -0.25) is 0 Å². The average Bonchev–Trinajstić information content (AvgIpc) is 2.99. The zero-order chi connectivity index (χ0) is 18.4. The van der Waals surface area contributed by atoms with E-state index >= 15 is 0 Å². The first-order valence-corrected chi connectivity index (χ1v) is 9.66. The van der Waals surface area contributed by atoms with Crippen molar-refractivity contribution in [1.82, 2.24) is 0 Å². The van der Waals surface area contributed by atoms with Gasteiger partial charge in [-0.1, -0.05) is 84.8 Å². The summed E-state index contributed by atoms with van der Waals surface area (Å²) in [6, 6.07) is 21.9. The summed E-state index contributed by atoms with van der Waals surface area (Å²) in [6.07, 6.45) is 14.7. The standard InChI is InChI=1S/C27H22/c1-3-27(2)24-16-7-6-15-23(24)26-21(13-9-17-25(26)27)18-20-12-8-11-19-10-4-5-14-22(19)20/h1,4-15,17,24H,16,18H2,2H3. The van der Waals surface area contributed by atoms with Gasteiger partial charge >= 0.3 is 0 Å². The van der Waals surface area contributed by atoms with Gasteiger partial charge in [-0.2, -0.15) is 0 Å². The van der Waals surface area contributed by atoms with Gasteiger partial charge in [-0.05, 0) is 58.4 Å². The predicted octanol–water partition coefficient (Wildman–Crippen LogP) is 6.29. The van der Waals surface area contributed by atoms with Crippen molar-refractivity contribution in [3.63, 3.8) is 0 Å². The molecule has 2 atom stereocenters. The lowest BCUT2D eigenvalue weighted by Crippen LogP contribution is -2.25. The number of rotatable bonds is 2. The molecule has 0 nitrogen and oxygen atoms in total. The summed E-state index contributed by atoms with van der Waals surface area (Å²) in [5.41, 5.74) is 6.67. The molecule has 0 heterocycles. The van der Waals surface area contributed by atoms with Crippen molar-refractivity contribution in [2.45, 2.75) is 25.2 Å². The third-order valence-corrected chi connectivity index (χ3v) is 6.42. The number of allylic oxidation sites excluding steroid dienone is 4. The van der Waals surface area contributed by atoms with Crippen LogP contribution in [0.5, 0.6) is 0 Å². The molecular weight excluding hydrogens is 324 g/mol. The van der Waals surface area contributed by atoms with Crippen molar-refractivity contribution in [2.24, 2.45) is 5.92 Å². The smallest absolute Gasteiger partial charge is 0.0609 e. The van der Waals surface area contributed by atoms with Crippen LogP contribution < -0.4 is 0 Å². The van der Waals surface area contributed by atoms with Crippen molar-refractivity contribution in [1.29, 1.82) is 0 Å². The SMILES string of the molecule is C#CC1(C)c2cccc(Cc3cccc4ccccc34)c2C2=CC=CCC21. The Morgan fingerprint density at radius 1 is 1.00 bits per heavy atom. The second-order valence-corrected chi connectivity index (χ2v) is 7.84. The fourth-order valence-corrected chi connectivity index (χ4v) is 4.97. The molecule has 0 saturated heterocycles. The summed E-state index contributed by atoms with van der Waals surface area (Å²) in [7, 11) is 0. The zero-order valence-corrected chi connectivity index (χ0v) is 15.6. The largest absolute Gasteiger partial charge is 0.119 e. The van der Waals surface area contributed by atoms with Gasteiger partial charge in [-0.25, -0.2) is 0 Å². The van der Waals surface area contributed by atoms with Crippen LogP contribution in [0.4, 0.5) is 0 Å². The van der Waals surface area contributed by atoms with Gasteiger partial charge in [0.1, 0.15) is 0 Å². The molecule has 0 N–H and O–H groups in total. The lowest BCUT2D eigenvalue weighted by atomic mass is 9.74. The summed E-state index contributed by atoms with van der Waals surface area (Å²) in [4.78, 5) is 0. The summed E-state index contributed by atoms with van der Waals surface area (Å²) >= 11 is 0. The third-order valence-electron chi connectivity index (χ3n) is 6.42. The highest BCUT2D eigenvalue weighted by atomic mass is 14.5. The molecule has 0 saturated carbocycles. The van der Waals surface area contributed by atoms with Crippen LogP contribution >= 0.6 is 0 Å². The van der Waals surface area contributed by atoms with Crippen molar-refractivity contribution in [2.75, 3.05) is 0 Å². The lowest BCUT2D eigenvalue weighted by Gasteiger charge is -2.28. The van der Waals surface area contributed by atoms with Gasteiger partial charge in [0.15, 0.2) is 0 Å². The minimum absolute atomic E-state index is 0.222. The quantitative estimate of drug-likeness (QED) is 0.478. The van der Waals surface area contributed by atoms with E-state index in [1.54, 1.807) is 0 Å². The van der Waals surface area contributed by atoms with E-state index in [0.29, 0.717) is 5.92 Å². The second kappa shape index (κ2) is 6.00. The Bertz CT molecular complexity index is 1150. The summed E-state index contributed by atoms with van der Waals surface area (Å²) in [5, 5.41) is 2.64. The molecule has 0 aromatic heterocycles. The normalized spacial score (nSPS) is 22.8. The Balaban J connectivity index is 1.69. The molecule has 0 amide bonds. The summed E-state index contributed by atoms with van der Waals surface area (Å²) in [6.45, 7) is 2.23. The van der Waals surface area contributed by atoms with E-state index in [2.05, 4.69) is 91.7 Å². The van der Waals surface area contributed by atoms with E-state index in [1.165, 1.54) is 38.6 Å². The van der Waals surface area contributed by atoms with E-state index in [-0.39, 0.29) is 5.41 Å². The van der Waals surface area contributed by atoms with Crippen LogP contribution in [0.15, 0.2) is 78.9 Å². The topological polar surface area (TPSA) is 0 Å². The Hall–Kier alpha value is -3.04. The zero-order valence-electron chi connectivity index (χ0n) is 15.6. The fourth-order valence-electron chi connectivity index (χ4n) is 4.97. The predicted molar refractivity (Wildman–Crippen MR) is 115 cm³/mol. The van der Waals surface area contributed by atoms with Crippen LogP contribution in [0.3, 0.4) is 0 Å². The van der Waals surface area contributed by atoms with Gasteiger partial charge in [0.05, 0.1) is 5.41 Å². The van der Waals surface area contributed by atoms with E-state index in [0.717, 1.165) is 12.8 Å². The molecule has 27 heavy (non-hydrogen) atoms. The van der Waals surface area contributed by atoms with Gasteiger partial charge in [0.2, 0.25) is 0 Å². The maximum Gasteiger partial charge on any atom is 0.0609 e. The Morgan fingerprint density at radius 3 is 2.67 bits per heavy atom. The van der Waals surface area contributed by atoms with Crippen molar-refractivity contribution < 1.29 is 0 Å². The van der Waals surface area contributed by atoms with Crippen molar-refractivity contribution in [3.8, 4) is 12.3 Å². The van der Waals surface area contributed by atoms with E-state index in [4.69, 9.17) is 6.42 Å². The highest BCUT2D eigenvalue weighted by Gasteiger charge is 2.45. The first-order chi connectivity index (χ1) is 13.2. The second-order valence-electron chi connectivity index (χ2n) is 7.84. The van der Waals surface area contributed by atoms with Crippen LogP contribution in [0.25, 0.3) is 16.3 Å². The molecule has 0 aliphatic heterocycles. The lowest BCUT2D eigenvalue weighted by molar-refractivity contribution is 0.484. The summed E-state index contributed by atoms with van der Waals surface area (Å²) < 4.78 is 0. The van der Waals surface area contributed by atoms with Gasteiger partial charge < -0.3 is 0 Å². The maximum absolute atomic E-state index is 6.07. The Labute approximate surface area is 161 Å². The maximum atomic E-state index is 6.07. The molecule has 2 aliphatic carbocycles. The van der Waals surface area contributed by atoms with E-state index in [1.807, 2.05) is 0 Å². The van der Waals surface area contributed by atoms with Crippen LogP contribution in [-0.4, -0.2) is 0 Å². The fraction of sp³-hybridized carbons (Fsp3) is 0.185. The number of terminal acetylenes is 1. The summed E-state index contributed by atoms with van der Waals surface area (Å²) in [5.74, 6) is 3.53. The van der Waals surface area contributed by atoms with E-state index in [9.17, 15) is 0 Å². The first-order valence-electron chi connectivity index (χ1n) is 9.66. The number of benzene rings is 3. The molecule has 0 fully saturated rings. The third kappa shape index (κ3) is 2.32. The minimum Gasteiger partial charge on any atom is -0.119 e. The number of hydrogen-bond acceptors (Lipinski definition) is 0. The van der Waals surface area contributed by atoms with Crippen LogP contribution in [0.1, 0.15) is 35.6 Å². The molecule has 0 bridgehead atoms. The van der Waals surface area contributed by atoms with Crippen LogP contribution in [0, 0.1) is 18.3 Å². The molecule has 0 spiro atoms. The molecular formula is C27H22. The van der Waals surface area contributed by atoms with E-state index < -0.39 is 0 Å². The highest BCUT2D eigenvalue weighted by Crippen LogP contribution is 2.53. The average molecular weight is 346 g/mol. The van der Waals surface area contributed by atoms with Crippen LogP contribution in [-0.2, 0) is 11.8 Å². The monoisotopic (exact) mass is 346 g/mol. The molecule has 5 rings (SSSR count). The molecule has 2 unspecified atom stereocenters. The number of hydrogen-bond donors (Lipinski definition) is 0. The molecule has 0 heteroatoms. The molecule has 130 valence electrons. The Kier molecular flexibility index (Phi) is 3.59. The number of fused-ring (bicyclic) bond motifs is 4. The van der Waals surface area contributed by atoms with Crippen LogP contribution in [0.2, 0.25) is 0 Å². The molecule has 3 aromatic rings. The van der Waals surface area contributed by atoms with Gasteiger partial charge in [0.25, 0.3) is 0 Å². The van der Waals surface area contributed by atoms with Crippen molar-refractivity contribution in [3.05, 3.63) is 101 Å². The molecule has 0 radical (unpaired) electrons.